The SMILES string of the molecule is Cc1cc2c(=O)n(-c3ccccc3)c(=O)n(Cc3ccc(Cl)cc3Cl)c2s1. The Labute approximate surface area is 168 Å². The van der Waals surface area contributed by atoms with E-state index in [1.165, 1.54) is 15.9 Å². The Morgan fingerprint density at radius 3 is 2.44 bits per heavy atom. The van der Waals surface area contributed by atoms with Crippen LogP contribution in [0.2, 0.25) is 10.0 Å². The highest BCUT2D eigenvalue weighted by Crippen LogP contribution is 2.25. The Hall–Kier alpha value is -2.34. The summed E-state index contributed by atoms with van der Waals surface area (Å²) in [6, 6.07) is 15.9. The molecule has 136 valence electrons. The molecule has 2 heterocycles. The number of benzene rings is 2. The number of aryl methyl sites for hydroxylation is 1. The van der Waals surface area contributed by atoms with Gasteiger partial charge in [0.15, 0.2) is 0 Å². The molecule has 4 nitrogen and oxygen atoms in total. The van der Waals surface area contributed by atoms with Crippen LogP contribution in [0.3, 0.4) is 0 Å². The number of hydrogen-bond donors (Lipinski definition) is 0. The van der Waals surface area contributed by atoms with Crippen molar-refractivity contribution < 1.29 is 0 Å². The van der Waals surface area contributed by atoms with Gasteiger partial charge in [-0.25, -0.2) is 9.36 Å². The second-order valence-electron chi connectivity index (χ2n) is 6.16. The highest BCUT2D eigenvalue weighted by molar-refractivity contribution is 7.18. The van der Waals surface area contributed by atoms with Crippen molar-refractivity contribution in [2.75, 3.05) is 0 Å². The van der Waals surface area contributed by atoms with Crippen LogP contribution in [0.4, 0.5) is 0 Å². The minimum atomic E-state index is -0.397. The molecular formula is C20H14Cl2N2O2S. The Morgan fingerprint density at radius 1 is 1.00 bits per heavy atom. The van der Waals surface area contributed by atoms with E-state index in [1.54, 1.807) is 47.0 Å². The van der Waals surface area contributed by atoms with Crippen molar-refractivity contribution in [3.8, 4) is 5.69 Å². The molecule has 0 aliphatic rings. The van der Waals surface area contributed by atoms with E-state index < -0.39 is 5.69 Å². The van der Waals surface area contributed by atoms with Gasteiger partial charge in [0.05, 0.1) is 17.6 Å². The minimum Gasteiger partial charge on any atom is -0.279 e. The van der Waals surface area contributed by atoms with Crippen LogP contribution in [-0.2, 0) is 6.54 Å². The number of para-hydroxylation sites is 1. The average Bonchev–Trinajstić information content (AvgIpc) is 3.03. The van der Waals surface area contributed by atoms with Crippen molar-refractivity contribution in [1.82, 2.24) is 9.13 Å². The van der Waals surface area contributed by atoms with E-state index in [0.29, 0.717) is 25.9 Å². The summed E-state index contributed by atoms with van der Waals surface area (Å²) < 4.78 is 2.80. The van der Waals surface area contributed by atoms with Crippen LogP contribution in [0.5, 0.6) is 0 Å². The maximum absolute atomic E-state index is 13.3. The van der Waals surface area contributed by atoms with Gasteiger partial charge in [-0.1, -0.05) is 47.5 Å². The lowest BCUT2D eigenvalue weighted by Gasteiger charge is -2.13. The molecule has 0 spiro atoms. The van der Waals surface area contributed by atoms with Crippen LogP contribution in [0.25, 0.3) is 15.9 Å². The summed E-state index contributed by atoms with van der Waals surface area (Å²) in [5.74, 6) is 0. The smallest absolute Gasteiger partial charge is 0.279 e. The first kappa shape index (κ1) is 18.0. The molecule has 0 saturated carbocycles. The predicted octanol–water partition coefficient (Wildman–Crippen LogP) is 4.88. The van der Waals surface area contributed by atoms with E-state index in [-0.39, 0.29) is 12.1 Å². The first-order valence-corrected chi connectivity index (χ1v) is 9.78. The zero-order chi connectivity index (χ0) is 19.1. The van der Waals surface area contributed by atoms with Gasteiger partial charge < -0.3 is 0 Å². The lowest BCUT2D eigenvalue weighted by atomic mass is 10.2. The summed E-state index contributed by atoms with van der Waals surface area (Å²) >= 11 is 13.7. The van der Waals surface area contributed by atoms with Gasteiger partial charge in [0, 0.05) is 14.9 Å². The average molecular weight is 417 g/mol. The van der Waals surface area contributed by atoms with Gasteiger partial charge in [0.25, 0.3) is 5.56 Å². The standard InChI is InChI=1S/C20H14Cl2N2O2S/c1-12-9-16-18(25)24(15-5-3-2-4-6-15)20(26)23(19(16)27-12)11-13-7-8-14(21)10-17(13)22/h2-10H,11H2,1H3. The number of aromatic nitrogens is 2. The Kier molecular flexibility index (Phi) is 4.68. The fraction of sp³-hybridized carbons (Fsp3) is 0.100. The molecule has 0 fully saturated rings. The van der Waals surface area contributed by atoms with Crippen LogP contribution >= 0.6 is 34.5 Å². The molecule has 27 heavy (non-hydrogen) atoms. The van der Waals surface area contributed by atoms with Crippen LogP contribution in [0.1, 0.15) is 10.4 Å². The van der Waals surface area contributed by atoms with Gasteiger partial charge in [-0.3, -0.25) is 9.36 Å². The van der Waals surface area contributed by atoms with E-state index >= 15 is 0 Å². The van der Waals surface area contributed by atoms with E-state index in [9.17, 15) is 9.59 Å². The van der Waals surface area contributed by atoms with Crippen LogP contribution < -0.4 is 11.2 Å². The molecule has 0 amide bonds. The molecule has 0 aliphatic carbocycles. The maximum atomic E-state index is 13.3. The fourth-order valence-electron chi connectivity index (χ4n) is 3.03. The van der Waals surface area contributed by atoms with E-state index in [1.807, 2.05) is 19.1 Å². The number of thiophene rings is 1. The first-order valence-electron chi connectivity index (χ1n) is 8.21. The molecule has 0 bridgehead atoms. The molecule has 7 heteroatoms. The molecular weight excluding hydrogens is 403 g/mol. The van der Waals surface area contributed by atoms with Crippen molar-refractivity contribution in [1.29, 1.82) is 0 Å². The summed E-state index contributed by atoms with van der Waals surface area (Å²) in [5, 5.41) is 1.53. The normalized spacial score (nSPS) is 11.2. The van der Waals surface area contributed by atoms with Crippen LogP contribution in [0, 0.1) is 6.92 Å². The summed E-state index contributed by atoms with van der Waals surface area (Å²) in [5.41, 5.74) is 0.582. The number of halogens is 2. The second-order valence-corrected chi connectivity index (χ2v) is 8.23. The van der Waals surface area contributed by atoms with Gasteiger partial charge in [-0.15, -0.1) is 11.3 Å². The fourth-order valence-corrected chi connectivity index (χ4v) is 4.49. The maximum Gasteiger partial charge on any atom is 0.337 e. The highest BCUT2D eigenvalue weighted by atomic mass is 35.5. The summed E-state index contributed by atoms with van der Waals surface area (Å²) in [7, 11) is 0. The van der Waals surface area contributed by atoms with Crippen LogP contribution in [-0.4, -0.2) is 9.13 Å². The molecule has 0 aliphatic heterocycles. The zero-order valence-electron chi connectivity index (χ0n) is 14.3. The number of fused-ring (bicyclic) bond motifs is 1. The quantitative estimate of drug-likeness (QED) is 0.477. The van der Waals surface area contributed by atoms with Crippen molar-refractivity contribution in [2.24, 2.45) is 0 Å². The van der Waals surface area contributed by atoms with E-state index in [2.05, 4.69) is 0 Å². The molecule has 0 atom stereocenters. The van der Waals surface area contributed by atoms with Gasteiger partial charge in [0.1, 0.15) is 4.83 Å². The Bertz CT molecular complexity index is 1270. The molecule has 0 N–H and O–H groups in total. The largest absolute Gasteiger partial charge is 0.337 e. The summed E-state index contributed by atoms with van der Waals surface area (Å²) in [6.07, 6.45) is 0. The highest BCUT2D eigenvalue weighted by Gasteiger charge is 2.17. The molecule has 0 saturated heterocycles. The number of rotatable bonds is 3. The van der Waals surface area contributed by atoms with Crippen LogP contribution in [0.15, 0.2) is 64.2 Å². The summed E-state index contributed by atoms with van der Waals surface area (Å²) in [4.78, 5) is 27.9. The van der Waals surface area contributed by atoms with Crippen molar-refractivity contribution >= 4 is 44.8 Å². The Balaban J connectivity index is 2.02. The van der Waals surface area contributed by atoms with Crippen molar-refractivity contribution in [3.63, 3.8) is 0 Å². The molecule has 0 unspecified atom stereocenters. The third-order valence-electron chi connectivity index (χ3n) is 4.29. The predicted molar refractivity (Wildman–Crippen MR) is 112 cm³/mol. The van der Waals surface area contributed by atoms with Crippen molar-refractivity contribution in [2.45, 2.75) is 13.5 Å². The lowest BCUT2D eigenvalue weighted by molar-refractivity contribution is 0.719. The van der Waals surface area contributed by atoms with Crippen molar-refractivity contribution in [3.05, 3.63) is 95.9 Å². The second kappa shape index (κ2) is 7.00. The molecule has 2 aromatic heterocycles. The number of hydrogen-bond acceptors (Lipinski definition) is 3. The third-order valence-corrected chi connectivity index (χ3v) is 5.95. The molecule has 4 rings (SSSR count). The molecule has 4 aromatic rings. The molecule has 2 aromatic carbocycles. The first-order chi connectivity index (χ1) is 13.0. The third kappa shape index (κ3) is 3.23. The monoisotopic (exact) mass is 416 g/mol. The lowest BCUT2D eigenvalue weighted by Crippen LogP contribution is -2.38. The number of nitrogens with zero attached hydrogens (tertiary/aromatic N) is 2. The van der Waals surface area contributed by atoms with E-state index in [4.69, 9.17) is 23.2 Å². The minimum absolute atomic E-state index is 0.248. The Morgan fingerprint density at radius 2 is 1.74 bits per heavy atom. The summed E-state index contributed by atoms with van der Waals surface area (Å²) in [6.45, 7) is 2.17. The molecule has 0 radical (unpaired) electrons. The van der Waals surface area contributed by atoms with E-state index in [0.717, 1.165) is 10.4 Å². The van der Waals surface area contributed by atoms with Gasteiger partial charge in [-0.2, -0.15) is 0 Å². The zero-order valence-corrected chi connectivity index (χ0v) is 16.6. The van der Waals surface area contributed by atoms with Gasteiger partial charge >= 0.3 is 5.69 Å². The van der Waals surface area contributed by atoms with Gasteiger partial charge in [-0.05, 0) is 42.8 Å². The van der Waals surface area contributed by atoms with Gasteiger partial charge in [0.2, 0.25) is 0 Å². The topological polar surface area (TPSA) is 44.0 Å².